The maximum atomic E-state index is 12.3. The van der Waals surface area contributed by atoms with E-state index >= 15 is 0 Å². The smallest absolute Gasteiger partial charge is 0.252 e. The van der Waals surface area contributed by atoms with Crippen LogP contribution in [0.3, 0.4) is 0 Å². The lowest BCUT2D eigenvalue weighted by Crippen LogP contribution is -2.38. The van der Waals surface area contributed by atoms with Crippen molar-refractivity contribution in [1.29, 1.82) is 0 Å². The van der Waals surface area contributed by atoms with Gasteiger partial charge in [-0.1, -0.05) is 11.6 Å². The number of amidine groups is 1. The Balaban J connectivity index is 2.97. The summed E-state index contributed by atoms with van der Waals surface area (Å²) in [4.78, 5) is 6.73. The van der Waals surface area contributed by atoms with Gasteiger partial charge in [-0.25, -0.2) is 4.99 Å². The molecular formula is C6H5Cl2F3N2. The molecule has 2 unspecified atom stereocenters. The summed E-state index contributed by atoms with van der Waals surface area (Å²) in [6.45, 7) is 1.29. The molecule has 7 heteroatoms. The molecule has 0 bridgehead atoms. The summed E-state index contributed by atoms with van der Waals surface area (Å²) in [6.07, 6.45) is -4.43. The first-order valence-corrected chi connectivity index (χ1v) is 4.12. The molecule has 2 atom stereocenters. The molecule has 0 radical (unpaired) electrons. The van der Waals surface area contributed by atoms with Crippen LogP contribution < -0.4 is 0 Å². The fraction of sp³-hybridized carbons (Fsp3) is 0.667. The van der Waals surface area contributed by atoms with Crippen LogP contribution in [0.1, 0.15) is 6.92 Å². The van der Waals surface area contributed by atoms with Crippen molar-refractivity contribution in [3.8, 4) is 0 Å². The molecule has 0 saturated carbocycles. The molecule has 1 aliphatic heterocycles. The van der Waals surface area contributed by atoms with Crippen molar-refractivity contribution in [3.63, 3.8) is 0 Å². The van der Waals surface area contributed by atoms with Crippen LogP contribution in [0.4, 0.5) is 13.2 Å². The van der Waals surface area contributed by atoms with Gasteiger partial charge < -0.3 is 0 Å². The molecule has 1 aliphatic rings. The monoisotopic (exact) mass is 232 g/mol. The maximum Gasteiger partial charge on any atom is 0.400 e. The summed E-state index contributed by atoms with van der Waals surface area (Å²) in [5.41, 5.74) is 0. The van der Waals surface area contributed by atoms with Crippen LogP contribution in [-0.2, 0) is 0 Å². The van der Waals surface area contributed by atoms with E-state index in [-0.39, 0.29) is 5.29 Å². The summed E-state index contributed by atoms with van der Waals surface area (Å²) >= 11 is 10.7. The zero-order valence-corrected chi connectivity index (χ0v) is 7.95. The Kier molecular flexibility index (Phi) is 2.87. The highest BCUT2D eigenvalue weighted by atomic mass is 35.5. The molecule has 0 amide bonds. The average Bonchev–Trinajstić information content (AvgIpc) is 1.78. The van der Waals surface area contributed by atoms with Crippen molar-refractivity contribution < 1.29 is 13.2 Å². The second-order valence-corrected chi connectivity index (χ2v) is 3.32. The van der Waals surface area contributed by atoms with Crippen molar-refractivity contribution in [2.45, 2.75) is 19.1 Å². The van der Waals surface area contributed by atoms with E-state index in [1.807, 2.05) is 0 Å². The van der Waals surface area contributed by atoms with Gasteiger partial charge in [-0.05, 0) is 18.5 Å². The fourth-order valence-corrected chi connectivity index (χ4v) is 1.71. The minimum absolute atomic E-state index is 0.238. The number of halogens is 5. The molecule has 2 nitrogen and oxygen atoms in total. The van der Waals surface area contributed by atoms with Gasteiger partial charge in [0.05, 0.1) is 6.04 Å². The molecule has 0 saturated heterocycles. The highest BCUT2D eigenvalue weighted by molar-refractivity contribution is 6.72. The van der Waals surface area contributed by atoms with E-state index in [9.17, 15) is 13.2 Å². The van der Waals surface area contributed by atoms with Crippen molar-refractivity contribution in [1.82, 2.24) is 0 Å². The first-order valence-electron chi connectivity index (χ1n) is 3.36. The van der Waals surface area contributed by atoms with Gasteiger partial charge in [-0.2, -0.15) is 13.2 Å². The molecular weight excluding hydrogens is 228 g/mol. The molecule has 0 aromatic carbocycles. The number of aliphatic imine (C=N–C) groups is 2. The number of nitrogens with zero attached hydrogens (tertiary/aromatic N) is 2. The Morgan fingerprint density at radius 1 is 1.31 bits per heavy atom. The topological polar surface area (TPSA) is 24.7 Å². The van der Waals surface area contributed by atoms with Gasteiger partial charge in [0, 0.05) is 0 Å². The molecule has 1 heterocycles. The SMILES string of the molecule is CC1N=C(Cl)N=C(Cl)C1C(F)(F)F. The number of alkyl halides is 3. The van der Waals surface area contributed by atoms with E-state index in [1.54, 1.807) is 0 Å². The molecule has 13 heavy (non-hydrogen) atoms. The van der Waals surface area contributed by atoms with Gasteiger partial charge in [0.1, 0.15) is 11.1 Å². The maximum absolute atomic E-state index is 12.3. The van der Waals surface area contributed by atoms with E-state index in [4.69, 9.17) is 23.2 Å². The lowest BCUT2D eigenvalue weighted by molar-refractivity contribution is -0.158. The molecule has 0 spiro atoms. The lowest BCUT2D eigenvalue weighted by Gasteiger charge is -2.24. The minimum atomic E-state index is -4.43. The van der Waals surface area contributed by atoms with Crippen molar-refractivity contribution in [2.24, 2.45) is 15.9 Å². The van der Waals surface area contributed by atoms with Gasteiger partial charge >= 0.3 is 6.18 Å². The number of hydrogen-bond donors (Lipinski definition) is 0. The Hall–Kier alpha value is -0.290. The summed E-state index contributed by atoms with van der Waals surface area (Å²) in [5, 5.41) is -0.794. The molecule has 0 aliphatic carbocycles. The zero-order chi connectivity index (χ0) is 10.2. The second-order valence-electron chi connectivity index (χ2n) is 2.59. The normalized spacial score (nSPS) is 29.7. The largest absolute Gasteiger partial charge is 0.400 e. The molecule has 0 aromatic rings. The molecule has 0 aromatic heterocycles. The van der Waals surface area contributed by atoms with Crippen LogP contribution in [0.5, 0.6) is 0 Å². The Bertz CT molecular complexity index is 272. The third-order valence-corrected chi connectivity index (χ3v) is 2.10. The summed E-state index contributed by atoms with van der Waals surface area (Å²) in [7, 11) is 0. The average molecular weight is 233 g/mol. The first kappa shape index (κ1) is 10.8. The predicted molar refractivity (Wildman–Crippen MR) is 45.6 cm³/mol. The Labute approximate surface area is 82.5 Å². The minimum Gasteiger partial charge on any atom is -0.252 e. The van der Waals surface area contributed by atoms with Gasteiger partial charge in [0.2, 0.25) is 5.29 Å². The van der Waals surface area contributed by atoms with Crippen molar-refractivity contribution >= 4 is 33.7 Å². The fourth-order valence-electron chi connectivity index (χ4n) is 1.04. The molecule has 0 fully saturated rings. The van der Waals surface area contributed by atoms with E-state index < -0.39 is 23.3 Å². The third-order valence-electron chi connectivity index (χ3n) is 1.60. The van der Waals surface area contributed by atoms with Crippen LogP contribution >= 0.6 is 23.2 Å². The zero-order valence-electron chi connectivity index (χ0n) is 6.44. The van der Waals surface area contributed by atoms with Crippen LogP contribution in [0, 0.1) is 5.92 Å². The van der Waals surface area contributed by atoms with Crippen LogP contribution in [0.25, 0.3) is 0 Å². The third kappa shape index (κ3) is 2.34. The van der Waals surface area contributed by atoms with Gasteiger partial charge in [0.15, 0.2) is 0 Å². The van der Waals surface area contributed by atoms with Crippen molar-refractivity contribution in [3.05, 3.63) is 0 Å². The van der Waals surface area contributed by atoms with Gasteiger partial charge in [-0.15, -0.1) is 0 Å². The van der Waals surface area contributed by atoms with Gasteiger partial charge in [0.25, 0.3) is 0 Å². The first-order chi connectivity index (χ1) is 5.82. The predicted octanol–water partition coefficient (Wildman–Crippen LogP) is 2.80. The summed E-state index contributed by atoms with van der Waals surface area (Å²) < 4.78 is 36.9. The van der Waals surface area contributed by atoms with E-state index in [1.165, 1.54) is 6.92 Å². The van der Waals surface area contributed by atoms with Gasteiger partial charge in [-0.3, -0.25) is 4.99 Å². The Morgan fingerprint density at radius 2 is 1.85 bits per heavy atom. The van der Waals surface area contributed by atoms with Crippen LogP contribution in [0.2, 0.25) is 0 Å². The summed E-state index contributed by atoms with van der Waals surface area (Å²) in [6, 6.07) is -1.02. The number of rotatable bonds is 0. The molecule has 1 rings (SSSR count). The molecule has 0 N–H and O–H groups in total. The van der Waals surface area contributed by atoms with E-state index in [0.29, 0.717) is 0 Å². The second kappa shape index (κ2) is 3.46. The Morgan fingerprint density at radius 3 is 2.23 bits per heavy atom. The quantitative estimate of drug-likeness (QED) is 0.574. The van der Waals surface area contributed by atoms with E-state index in [2.05, 4.69) is 9.98 Å². The van der Waals surface area contributed by atoms with E-state index in [0.717, 1.165) is 0 Å². The summed E-state index contributed by atoms with van der Waals surface area (Å²) in [5.74, 6) is -1.84. The lowest BCUT2D eigenvalue weighted by atomic mass is 10.0. The van der Waals surface area contributed by atoms with Crippen LogP contribution in [-0.4, -0.2) is 22.7 Å². The van der Waals surface area contributed by atoms with Crippen LogP contribution in [0.15, 0.2) is 9.98 Å². The standard InChI is InChI=1S/C6H5Cl2F3N2/c1-2-3(6(9,10)11)4(7)13-5(8)12-2/h2-3H,1H3. The highest BCUT2D eigenvalue weighted by Gasteiger charge is 2.47. The number of hydrogen-bond acceptors (Lipinski definition) is 2. The highest BCUT2D eigenvalue weighted by Crippen LogP contribution is 2.34. The molecule has 74 valence electrons. The van der Waals surface area contributed by atoms with Crippen molar-refractivity contribution in [2.75, 3.05) is 0 Å².